The van der Waals surface area contributed by atoms with Crippen LogP contribution >= 0.6 is 11.3 Å². The van der Waals surface area contributed by atoms with Gasteiger partial charge in [0.15, 0.2) is 0 Å². The number of aliphatic hydroxyl groups is 1. The molecule has 1 aliphatic rings. The molecular formula is C17H22N2OS. The number of aromatic nitrogens is 1. The minimum Gasteiger partial charge on any atom is -0.396 e. The van der Waals surface area contributed by atoms with Crippen molar-refractivity contribution in [1.29, 1.82) is 0 Å². The fourth-order valence-corrected chi connectivity index (χ4v) is 3.50. The molecule has 0 bridgehead atoms. The lowest BCUT2D eigenvalue weighted by Crippen LogP contribution is -2.26. The maximum absolute atomic E-state index is 8.92. The van der Waals surface area contributed by atoms with Crippen LogP contribution in [0.15, 0.2) is 36.5 Å². The highest BCUT2D eigenvalue weighted by Gasteiger charge is 2.29. The van der Waals surface area contributed by atoms with Crippen molar-refractivity contribution in [3.8, 4) is 10.4 Å². The molecule has 1 aromatic carbocycles. The molecule has 3 nitrogen and oxygen atoms in total. The Morgan fingerprint density at radius 3 is 2.71 bits per heavy atom. The Kier molecular flexibility index (Phi) is 5.01. The van der Waals surface area contributed by atoms with Crippen LogP contribution in [0.25, 0.3) is 10.4 Å². The van der Waals surface area contributed by atoms with E-state index in [0.717, 1.165) is 32.0 Å². The second-order valence-corrected chi connectivity index (χ2v) is 6.73. The topological polar surface area (TPSA) is 36.4 Å². The van der Waals surface area contributed by atoms with Crippen LogP contribution < -0.4 is 0 Å². The monoisotopic (exact) mass is 302 g/mol. The summed E-state index contributed by atoms with van der Waals surface area (Å²) < 4.78 is 0. The molecule has 1 saturated carbocycles. The zero-order valence-electron chi connectivity index (χ0n) is 12.2. The summed E-state index contributed by atoms with van der Waals surface area (Å²) in [6.07, 6.45) is 6.60. The van der Waals surface area contributed by atoms with E-state index in [9.17, 15) is 0 Å². The van der Waals surface area contributed by atoms with Gasteiger partial charge < -0.3 is 5.11 Å². The largest absolute Gasteiger partial charge is 0.396 e. The average molecular weight is 302 g/mol. The van der Waals surface area contributed by atoms with Crippen LogP contribution in [0.4, 0.5) is 0 Å². The Labute approximate surface area is 130 Å². The summed E-state index contributed by atoms with van der Waals surface area (Å²) in [6.45, 7) is 2.33. The van der Waals surface area contributed by atoms with Crippen LogP contribution in [0.1, 0.15) is 30.7 Å². The number of thiazole rings is 1. The first-order valence-corrected chi connectivity index (χ1v) is 8.53. The molecule has 0 spiro atoms. The zero-order valence-corrected chi connectivity index (χ0v) is 13.1. The van der Waals surface area contributed by atoms with E-state index in [1.807, 2.05) is 12.3 Å². The number of hydrogen-bond acceptors (Lipinski definition) is 4. The molecule has 0 amide bonds. The van der Waals surface area contributed by atoms with Gasteiger partial charge in [0.25, 0.3) is 0 Å². The van der Waals surface area contributed by atoms with Gasteiger partial charge >= 0.3 is 0 Å². The molecule has 1 aromatic heterocycles. The van der Waals surface area contributed by atoms with Crippen molar-refractivity contribution in [2.24, 2.45) is 0 Å². The first-order valence-electron chi connectivity index (χ1n) is 7.72. The molecule has 0 saturated heterocycles. The summed E-state index contributed by atoms with van der Waals surface area (Å²) in [7, 11) is 0. The lowest BCUT2D eigenvalue weighted by atomic mass is 10.2. The Morgan fingerprint density at radius 2 is 2.00 bits per heavy atom. The van der Waals surface area contributed by atoms with E-state index in [-0.39, 0.29) is 0 Å². The molecule has 3 rings (SSSR count). The van der Waals surface area contributed by atoms with Crippen molar-refractivity contribution < 1.29 is 5.11 Å². The lowest BCUT2D eigenvalue weighted by Gasteiger charge is -2.20. The number of nitrogens with zero attached hydrogens (tertiary/aromatic N) is 2. The molecule has 1 heterocycles. The predicted octanol–water partition coefficient (Wildman–Crippen LogP) is 3.55. The summed E-state index contributed by atoms with van der Waals surface area (Å²) in [6, 6.07) is 11.2. The van der Waals surface area contributed by atoms with Gasteiger partial charge in [0.05, 0.1) is 11.4 Å². The van der Waals surface area contributed by atoms with Gasteiger partial charge in [0.1, 0.15) is 5.01 Å². The third kappa shape index (κ3) is 4.13. The Balaban J connectivity index is 1.62. The Hall–Kier alpha value is -1.23. The van der Waals surface area contributed by atoms with Gasteiger partial charge in [-0.1, -0.05) is 30.3 Å². The molecule has 0 unspecified atom stereocenters. The molecule has 2 aromatic rings. The molecule has 4 heteroatoms. The molecule has 1 N–H and O–H groups in total. The quantitative estimate of drug-likeness (QED) is 0.758. The van der Waals surface area contributed by atoms with Crippen LogP contribution in [0.5, 0.6) is 0 Å². The van der Waals surface area contributed by atoms with Crippen molar-refractivity contribution >= 4 is 11.3 Å². The number of hydrogen-bond donors (Lipinski definition) is 1. The fourth-order valence-electron chi connectivity index (χ4n) is 2.55. The minimum atomic E-state index is 0.300. The van der Waals surface area contributed by atoms with Crippen molar-refractivity contribution in [3.05, 3.63) is 41.5 Å². The van der Waals surface area contributed by atoms with E-state index in [4.69, 9.17) is 5.11 Å². The van der Waals surface area contributed by atoms with Crippen LogP contribution in [-0.4, -0.2) is 34.2 Å². The van der Waals surface area contributed by atoms with Gasteiger partial charge in [0.2, 0.25) is 0 Å². The van der Waals surface area contributed by atoms with E-state index >= 15 is 0 Å². The van der Waals surface area contributed by atoms with Crippen molar-refractivity contribution in [1.82, 2.24) is 9.88 Å². The van der Waals surface area contributed by atoms with E-state index in [1.165, 1.54) is 28.3 Å². The van der Waals surface area contributed by atoms with Gasteiger partial charge in [-0.2, -0.15) is 0 Å². The van der Waals surface area contributed by atoms with Gasteiger partial charge in [-0.3, -0.25) is 4.90 Å². The normalized spacial score (nSPS) is 14.8. The van der Waals surface area contributed by atoms with E-state index in [0.29, 0.717) is 6.61 Å². The Morgan fingerprint density at radius 1 is 1.19 bits per heavy atom. The number of rotatable bonds is 8. The van der Waals surface area contributed by atoms with Crippen LogP contribution in [0.2, 0.25) is 0 Å². The SMILES string of the molecule is OCCCCN(Cc1ncc(-c2ccccc2)s1)C1CC1. The van der Waals surface area contributed by atoms with Crippen molar-refractivity contribution in [3.63, 3.8) is 0 Å². The standard InChI is InChI=1S/C17H22N2OS/c20-11-5-4-10-19(15-8-9-15)13-17-18-12-16(21-17)14-6-2-1-3-7-14/h1-3,6-7,12,15,20H,4-5,8-11,13H2. The molecule has 1 aliphatic carbocycles. The number of aliphatic hydroxyl groups excluding tert-OH is 1. The van der Waals surface area contributed by atoms with E-state index in [2.05, 4.69) is 34.1 Å². The van der Waals surface area contributed by atoms with Crippen LogP contribution in [0, 0.1) is 0 Å². The van der Waals surface area contributed by atoms with Gasteiger partial charge in [-0.05, 0) is 37.8 Å². The third-order valence-electron chi connectivity index (χ3n) is 3.87. The minimum absolute atomic E-state index is 0.300. The fraction of sp³-hybridized carbons (Fsp3) is 0.471. The summed E-state index contributed by atoms with van der Waals surface area (Å²) >= 11 is 1.80. The summed E-state index contributed by atoms with van der Waals surface area (Å²) in [4.78, 5) is 8.38. The van der Waals surface area contributed by atoms with Gasteiger partial charge in [0, 0.05) is 18.8 Å². The first-order chi connectivity index (χ1) is 10.4. The molecule has 0 radical (unpaired) electrons. The average Bonchev–Trinajstić information content (AvgIpc) is 3.27. The second-order valence-electron chi connectivity index (χ2n) is 5.62. The molecule has 0 atom stereocenters. The lowest BCUT2D eigenvalue weighted by molar-refractivity contribution is 0.228. The maximum atomic E-state index is 8.92. The molecular weight excluding hydrogens is 280 g/mol. The summed E-state index contributed by atoms with van der Waals surface area (Å²) in [5.41, 5.74) is 1.25. The highest BCUT2D eigenvalue weighted by Crippen LogP contribution is 2.31. The van der Waals surface area contributed by atoms with E-state index in [1.54, 1.807) is 11.3 Å². The second kappa shape index (κ2) is 7.16. The van der Waals surface area contributed by atoms with Crippen molar-refractivity contribution in [2.45, 2.75) is 38.3 Å². The number of benzene rings is 1. The molecule has 0 aliphatic heterocycles. The third-order valence-corrected chi connectivity index (χ3v) is 4.90. The van der Waals surface area contributed by atoms with Crippen molar-refractivity contribution in [2.75, 3.05) is 13.2 Å². The smallest absolute Gasteiger partial charge is 0.107 e. The highest BCUT2D eigenvalue weighted by molar-refractivity contribution is 7.15. The highest BCUT2D eigenvalue weighted by atomic mass is 32.1. The van der Waals surface area contributed by atoms with E-state index < -0.39 is 0 Å². The number of unbranched alkanes of at least 4 members (excludes halogenated alkanes) is 1. The maximum Gasteiger partial charge on any atom is 0.107 e. The molecule has 1 fully saturated rings. The summed E-state index contributed by atoms with van der Waals surface area (Å²) in [5.74, 6) is 0. The van der Waals surface area contributed by atoms with Crippen LogP contribution in [-0.2, 0) is 6.54 Å². The Bertz CT molecular complexity index is 551. The van der Waals surface area contributed by atoms with Crippen LogP contribution in [0.3, 0.4) is 0 Å². The first kappa shape index (κ1) is 14.7. The molecule has 21 heavy (non-hydrogen) atoms. The zero-order chi connectivity index (χ0) is 14.5. The summed E-state index contributed by atoms with van der Waals surface area (Å²) in [5, 5.41) is 10.1. The predicted molar refractivity (Wildman–Crippen MR) is 87.3 cm³/mol. The molecule has 112 valence electrons. The van der Waals surface area contributed by atoms with Gasteiger partial charge in [-0.15, -0.1) is 11.3 Å². The van der Waals surface area contributed by atoms with Gasteiger partial charge in [-0.25, -0.2) is 4.98 Å².